The maximum Gasteiger partial charge on any atom is 0.471 e. The molecule has 0 aliphatic rings. The van der Waals surface area contributed by atoms with Crippen molar-refractivity contribution < 1.29 is 32.6 Å². The first-order valence-electron chi connectivity index (χ1n) is 13.3. The monoisotopic (exact) mass is 569 g/mol. The fourth-order valence-electron chi connectivity index (χ4n) is 5.15. The van der Waals surface area contributed by atoms with Crippen molar-refractivity contribution in [3.05, 3.63) is 75.3 Å². The molecule has 0 spiro atoms. The number of benzene rings is 3. The van der Waals surface area contributed by atoms with Gasteiger partial charge >= 0.3 is 18.1 Å². The SMILES string of the molecule is Cc1ccc(-c2c(C)c(-c3ccc(C)c(C)c3)c(N(C)C(=O)C(F)(F)F)c(C)c2C(OC(C)(C)C)C(=O)O)cc1C. The molecule has 220 valence electrons. The smallest absolute Gasteiger partial charge is 0.471 e. The van der Waals surface area contributed by atoms with E-state index in [-0.39, 0.29) is 16.8 Å². The van der Waals surface area contributed by atoms with E-state index in [1.165, 1.54) is 0 Å². The number of carbonyl (C=O) groups excluding carboxylic acids is 1. The van der Waals surface area contributed by atoms with Crippen molar-refractivity contribution >= 4 is 17.6 Å². The van der Waals surface area contributed by atoms with Gasteiger partial charge in [-0.25, -0.2) is 4.79 Å². The Hall–Kier alpha value is -3.65. The fourth-order valence-corrected chi connectivity index (χ4v) is 5.15. The maximum absolute atomic E-state index is 13.8. The number of carbonyl (C=O) groups is 2. The number of halogens is 3. The Morgan fingerprint density at radius 3 is 1.63 bits per heavy atom. The number of alkyl halides is 3. The van der Waals surface area contributed by atoms with Gasteiger partial charge in [-0.2, -0.15) is 13.2 Å². The van der Waals surface area contributed by atoms with E-state index in [0.29, 0.717) is 32.7 Å². The van der Waals surface area contributed by atoms with Crippen LogP contribution in [0.15, 0.2) is 36.4 Å². The van der Waals surface area contributed by atoms with Gasteiger partial charge in [-0.3, -0.25) is 4.79 Å². The molecule has 1 atom stereocenters. The van der Waals surface area contributed by atoms with Gasteiger partial charge in [0.1, 0.15) is 0 Å². The highest BCUT2D eigenvalue weighted by atomic mass is 19.4. The van der Waals surface area contributed by atoms with Gasteiger partial charge in [0.25, 0.3) is 0 Å². The average molecular weight is 570 g/mol. The van der Waals surface area contributed by atoms with E-state index in [0.717, 1.165) is 29.3 Å². The normalized spacial score (nSPS) is 12.8. The predicted octanol–water partition coefficient (Wildman–Crippen LogP) is 8.34. The molecule has 5 nitrogen and oxygen atoms in total. The molecule has 0 saturated carbocycles. The van der Waals surface area contributed by atoms with Gasteiger partial charge in [-0.05, 0) is 112 Å². The number of carboxylic acids is 1. The van der Waals surface area contributed by atoms with Crippen LogP contribution in [0, 0.1) is 41.5 Å². The Morgan fingerprint density at radius 1 is 0.780 bits per heavy atom. The highest BCUT2D eigenvalue weighted by Crippen LogP contribution is 2.48. The molecular formula is C33H38F3NO4. The van der Waals surface area contributed by atoms with E-state index in [1.54, 1.807) is 34.6 Å². The Labute approximate surface area is 240 Å². The maximum atomic E-state index is 13.8. The zero-order chi connectivity index (χ0) is 31.2. The van der Waals surface area contributed by atoms with Gasteiger partial charge < -0.3 is 14.7 Å². The molecule has 0 aliphatic carbocycles. The second-order valence-electron chi connectivity index (χ2n) is 11.7. The second-order valence-corrected chi connectivity index (χ2v) is 11.7. The van der Waals surface area contributed by atoms with Crippen molar-refractivity contribution in [3.63, 3.8) is 0 Å². The van der Waals surface area contributed by atoms with Gasteiger partial charge in [0.2, 0.25) is 0 Å². The number of aryl methyl sites for hydroxylation is 4. The number of anilines is 1. The summed E-state index contributed by atoms with van der Waals surface area (Å²) in [6.45, 7) is 16.2. The van der Waals surface area contributed by atoms with Crippen LogP contribution >= 0.6 is 0 Å². The van der Waals surface area contributed by atoms with Crippen molar-refractivity contribution in [1.82, 2.24) is 0 Å². The summed E-state index contributed by atoms with van der Waals surface area (Å²) in [5.74, 6) is -3.35. The van der Waals surface area contributed by atoms with Crippen molar-refractivity contribution in [2.24, 2.45) is 0 Å². The van der Waals surface area contributed by atoms with Gasteiger partial charge in [0.15, 0.2) is 6.10 Å². The standard InChI is InChI=1S/C33H38F3NO4/c1-17-11-13-23(15-19(17)3)25-21(5)26(24-14-12-18(2)20(4)16-24)28(37(10)31(40)33(34,35)36)22(6)27(25)29(30(38)39)41-32(7,8)9/h11-16,29H,1-10H3,(H,38,39). The van der Waals surface area contributed by atoms with Gasteiger partial charge in [0, 0.05) is 18.2 Å². The first-order valence-corrected chi connectivity index (χ1v) is 13.3. The largest absolute Gasteiger partial charge is 0.479 e. The van der Waals surface area contributed by atoms with Crippen LogP contribution in [0.3, 0.4) is 0 Å². The fraction of sp³-hybridized carbons (Fsp3) is 0.394. The van der Waals surface area contributed by atoms with Crippen LogP contribution in [0.2, 0.25) is 0 Å². The highest BCUT2D eigenvalue weighted by molar-refractivity contribution is 6.04. The summed E-state index contributed by atoms with van der Waals surface area (Å²) in [4.78, 5) is 26.0. The first kappa shape index (κ1) is 31.9. The zero-order valence-electron chi connectivity index (χ0n) is 25.3. The molecule has 0 radical (unpaired) electrons. The summed E-state index contributed by atoms with van der Waals surface area (Å²) in [5, 5.41) is 10.4. The van der Waals surface area contributed by atoms with Gasteiger partial charge in [-0.15, -0.1) is 0 Å². The number of nitrogens with zero attached hydrogens (tertiary/aromatic N) is 1. The third-order valence-corrected chi connectivity index (χ3v) is 7.45. The third kappa shape index (κ3) is 6.48. The molecule has 41 heavy (non-hydrogen) atoms. The molecule has 3 aromatic carbocycles. The Morgan fingerprint density at radius 2 is 1.24 bits per heavy atom. The zero-order valence-corrected chi connectivity index (χ0v) is 25.3. The van der Waals surface area contributed by atoms with E-state index in [2.05, 4.69) is 0 Å². The Balaban J connectivity index is 2.64. The number of aliphatic carboxylic acids is 1. The first-order chi connectivity index (χ1) is 18.8. The highest BCUT2D eigenvalue weighted by Gasteiger charge is 2.44. The molecule has 0 fully saturated rings. The lowest BCUT2D eigenvalue weighted by Crippen LogP contribution is -2.39. The number of carboxylic acid groups (broad SMARTS) is 1. The number of amides is 1. The quantitative estimate of drug-likeness (QED) is 0.324. The van der Waals surface area contributed by atoms with E-state index in [9.17, 15) is 27.9 Å². The summed E-state index contributed by atoms with van der Waals surface area (Å²) in [7, 11) is 1.07. The molecule has 1 unspecified atom stereocenters. The number of hydrogen-bond acceptors (Lipinski definition) is 3. The number of rotatable bonds is 6. The summed E-state index contributed by atoms with van der Waals surface area (Å²) in [6, 6.07) is 11.3. The minimum absolute atomic E-state index is 0.0144. The molecule has 0 saturated heterocycles. The summed E-state index contributed by atoms with van der Waals surface area (Å²) in [5.41, 5.74) is 6.26. The lowest BCUT2D eigenvalue weighted by molar-refractivity contribution is -0.170. The van der Waals surface area contributed by atoms with Crippen LogP contribution in [-0.2, 0) is 14.3 Å². The molecule has 0 aromatic heterocycles. The lowest BCUT2D eigenvalue weighted by atomic mass is 9.81. The van der Waals surface area contributed by atoms with Crippen molar-refractivity contribution in [3.8, 4) is 22.3 Å². The van der Waals surface area contributed by atoms with Crippen LogP contribution in [0.4, 0.5) is 18.9 Å². The van der Waals surface area contributed by atoms with E-state index >= 15 is 0 Å². The molecule has 0 bridgehead atoms. The average Bonchev–Trinajstić information content (AvgIpc) is 2.85. The van der Waals surface area contributed by atoms with Crippen molar-refractivity contribution in [2.45, 2.75) is 80.2 Å². The molecule has 3 aromatic rings. The molecular weight excluding hydrogens is 531 g/mol. The van der Waals surface area contributed by atoms with Crippen LogP contribution in [0.25, 0.3) is 22.3 Å². The third-order valence-electron chi connectivity index (χ3n) is 7.45. The van der Waals surface area contributed by atoms with Crippen LogP contribution in [-0.4, -0.2) is 35.8 Å². The van der Waals surface area contributed by atoms with Crippen molar-refractivity contribution in [2.75, 3.05) is 11.9 Å². The van der Waals surface area contributed by atoms with Gasteiger partial charge in [0.05, 0.1) is 11.3 Å². The molecule has 8 heteroatoms. The van der Waals surface area contributed by atoms with Crippen molar-refractivity contribution in [1.29, 1.82) is 0 Å². The second kappa shape index (κ2) is 11.3. The molecule has 3 rings (SSSR count). The predicted molar refractivity (Wildman–Crippen MR) is 156 cm³/mol. The van der Waals surface area contributed by atoms with E-state index in [4.69, 9.17) is 4.74 Å². The molecule has 0 heterocycles. The Bertz CT molecular complexity index is 1520. The summed E-state index contributed by atoms with van der Waals surface area (Å²) in [6.07, 6.45) is -6.66. The number of ether oxygens (including phenoxy) is 1. The molecule has 0 aliphatic heterocycles. The minimum Gasteiger partial charge on any atom is -0.479 e. The van der Waals surface area contributed by atoms with E-state index < -0.39 is 29.8 Å². The Kier molecular flexibility index (Phi) is 8.80. The van der Waals surface area contributed by atoms with Crippen LogP contribution in [0.1, 0.15) is 65.8 Å². The van der Waals surface area contributed by atoms with Gasteiger partial charge in [-0.1, -0.05) is 36.4 Å². The van der Waals surface area contributed by atoms with E-state index in [1.807, 2.05) is 64.1 Å². The lowest BCUT2D eigenvalue weighted by Gasteiger charge is -2.33. The minimum atomic E-state index is -5.14. The molecule has 1 N–H and O–H groups in total. The van der Waals surface area contributed by atoms with Crippen LogP contribution < -0.4 is 4.90 Å². The summed E-state index contributed by atoms with van der Waals surface area (Å²) >= 11 is 0. The number of hydrogen-bond donors (Lipinski definition) is 1. The topological polar surface area (TPSA) is 66.8 Å². The summed E-state index contributed by atoms with van der Waals surface area (Å²) < 4.78 is 47.4. The van der Waals surface area contributed by atoms with Crippen LogP contribution in [0.5, 0.6) is 0 Å². The molecule has 1 amide bonds.